The summed E-state index contributed by atoms with van der Waals surface area (Å²) in [5.74, 6) is 1.53. The zero-order valence-corrected chi connectivity index (χ0v) is 12.8. The number of hydrogen-bond donors (Lipinski definition) is 1. The number of pyridine rings is 1. The number of aryl methyl sites for hydroxylation is 1. The second kappa shape index (κ2) is 7.60. The molecule has 1 fully saturated rings. The van der Waals surface area contributed by atoms with Gasteiger partial charge in [-0.15, -0.1) is 0 Å². The first-order chi connectivity index (χ1) is 9.65. The highest BCUT2D eigenvalue weighted by Crippen LogP contribution is 2.21. The number of nitrogens with zero attached hydrogens (tertiary/aromatic N) is 1. The van der Waals surface area contributed by atoms with Crippen molar-refractivity contribution in [3.8, 4) is 5.75 Å². The first-order valence-corrected chi connectivity index (χ1v) is 7.57. The summed E-state index contributed by atoms with van der Waals surface area (Å²) in [4.78, 5) is 4.61. The van der Waals surface area contributed by atoms with Crippen molar-refractivity contribution in [3.63, 3.8) is 0 Å². The number of nitrogens with one attached hydrogen (secondary N) is 1. The van der Waals surface area contributed by atoms with Crippen molar-refractivity contribution in [3.05, 3.63) is 23.5 Å². The van der Waals surface area contributed by atoms with Crippen LogP contribution in [0.15, 0.2) is 12.1 Å². The molecule has 0 bridgehead atoms. The van der Waals surface area contributed by atoms with Crippen LogP contribution in [0.1, 0.15) is 38.1 Å². The third kappa shape index (κ3) is 4.76. The summed E-state index contributed by atoms with van der Waals surface area (Å²) in [6, 6.07) is 4.04. The van der Waals surface area contributed by atoms with Crippen LogP contribution >= 0.6 is 0 Å². The number of ether oxygens (including phenoxy) is 2. The van der Waals surface area contributed by atoms with Gasteiger partial charge < -0.3 is 14.8 Å². The van der Waals surface area contributed by atoms with Crippen LogP contribution in [0.25, 0.3) is 0 Å². The summed E-state index contributed by atoms with van der Waals surface area (Å²) >= 11 is 0. The molecule has 2 heterocycles. The molecule has 0 spiro atoms. The van der Waals surface area contributed by atoms with E-state index < -0.39 is 0 Å². The summed E-state index contributed by atoms with van der Waals surface area (Å²) in [5, 5.41) is 3.43. The third-order valence-electron chi connectivity index (χ3n) is 3.33. The van der Waals surface area contributed by atoms with E-state index in [0.29, 0.717) is 12.5 Å². The average Bonchev–Trinajstić information content (AvgIpc) is 2.42. The van der Waals surface area contributed by atoms with E-state index >= 15 is 0 Å². The summed E-state index contributed by atoms with van der Waals surface area (Å²) in [6.45, 7) is 9.70. The van der Waals surface area contributed by atoms with Gasteiger partial charge in [-0.1, -0.05) is 13.8 Å². The minimum Gasteiger partial charge on any atom is -0.486 e. The molecule has 1 aromatic heterocycles. The Morgan fingerprint density at radius 2 is 2.30 bits per heavy atom. The molecule has 0 radical (unpaired) electrons. The predicted octanol–water partition coefficient (Wildman–Crippen LogP) is 2.69. The molecule has 1 aromatic rings. The number of rotatable bonds is 6. The summed E-state index contributed by atoms with van der Waals surface area (Å²) in [7, 11) is 0. The van der Waals surface area contributed by atoms with E-state index in [1.807, 2.05) is 19.1 Å². The molecule has 0 amide bonds. The molecule has 0 saturated carbocycles. The Morgan fingerprint density at radius 3 is 3.00 bits per heavy atom. The largest absolute Gasteiger partial charge is 0.486 e. The van der Waals surface area contributed by atoms with Gasteiger partial charge in [-0.25, -0.2) is 0 Å². The normalized spacial score (nSPS) is 19.3. The van der Waals surface area contributed by atoms with E-state index in [-0.39, 0.29) is 6.10 Å². The molecular weight excluding hydrogens is 252 g/mol. The maximum Gasteiger partial charge on any atom is 0.142 e. The SMILES string of the molecule is Cc1ccc(OC2CCCOC2)c(CNCC(C)C)n1. The molecule has 1 atom stereocenters. The zero-order valence-electron chi connectivity index (χ0n) is 12.8. The van der Waals surface area contributed by atoms with Crippen molar-refractivity contribution in [2.75, 3.05) is 19.8 Å². The van der Waals surface area contributed by atoms with Crippen LogP contribution in [0.5, 0.6) is 5.75 Å². The molecule has 1 N–H and O–H groups in total. The van der Waals surface area contributed by atoms with Crippen molar-refractivity contribution in [1.82, 2.24) is 10.3 Å². The van der Waals surface area contributed by atoms with Gasteiger partial charge in [0, 0.05) is 18.8 Å². The van der Waals surface area contributed by atoms with Gasteiger partial charge in [0.2, 0.25) is 0 Å². The van der Waals surface area contributed by atoms with Crippen molar-refractivity contribution >= 4 is 0 Å². The summed E-state index contributed by atoms with van der Waals surface area (Å²) in [5.41, 5.74) is 2.02. The fraction of sp³-hybridized carbons (Fsp3) is 0.688. The van der Waals surface area contributed by atoms with E-state index in [4.69, 9.17) is 9.47 Å². The minimum atomic E-state index is 0.164. The second-order valence-corrected chi connectivity index (χ2v) is 5.88. The van der Waals surface area contributed by atoms with E-state index in [0.717, 1.165) is 49.7 Å². The zero-order chi connectivity index (χ0) is 14.4. The predicted molar refractivity (Wildman–Crippen MR) is 80.0 cm³/mol. The molecule has 2 rings (SSSR count). The molecule has 1 saturated heterocycles. The Bertz CT molecular complexity index is 415. The van der Waals surface area contributed by atoms with Crippen molar-refractivity contribution in [2.45, 2.75) is 46.3 Å². The van der Waals surface area contributed by atoms with Gasteiger partial charge in [0.25, 0.3) is 0 Å². The van der Waals surface area contributed by atoms with Crippen LogP contribution in [0.2, 0.25) is 0 Å². The molecule has 112 valence electrons. The summed E-state index contributed by atoms with van der Waals surface area (Å²) in [6.07, 6.45) is 2.30. The molecule has 1 aliphatic heterocycles. The lowest BCUT2D eigenvalue weighted by molar-refractivity contribution is 0.00680. The lowest BCUT2D eigenvalue weighted by Gasteiger charge is -2.24. The lowest BCUT2D eigenvalue weighted by Crippen LogP contribution is -2.29. The highest BCUT2D eigenvalue weighted by molar-refractivity contribution is 5.29. The van der Waals surface area contributed by atoms with Gasteiger partial charge in [-0.3, -0.25) is 4.98 Å². The van der Waals surface area contributed by atoms with Gasteiger partial charge in [-0.2, -0.15) is 0 Å². The maximum atomic E-state index is 6.07. The quantitative estimate of drug-likeness (QED) is 0.869. The molecule has 1 aliphatic rings. The van der Waals surface area contributed by atoms with Crippen molar-refractivity contribution in [2.24, 2.45) is 5.92 Å². The van der Waals surface area contributed by atoms with Gasteiger partial charge in [0.15, 0.2) is 0 Å². The van der Waals surface area contributed by atoms with Crippen LogP contribution in [0.4, 0.5) is 0 Å². The maximum absolute atomic E-state index is 6.07. The van der Waals surface area contributed by atoms with Crippen LogP contribution in [0.3, 0.4) is 0 Å². The van der Waals surface area contributed by atoms with E-state index in [9.17, 15) is 0 Å². The van der Waals surface area contributed by atoms with E-state index in [1.54, 1.807) is 0 Å². The Balaban J connectivity index is 1.98. The number of aromatic nitrogens is 1. The smallest absolute Gasteiger partial charge is 0.142 e. The van der Waals surface area contributed by atoms with Gasteiger partial charge in [0.1, 0.15) is 11.9 Å². The van der Waals surface area contributed by atoms with E-state index in [1.165, 1.54) is 0 Å². The molecule has 0 aromatic carbocycles. The summed E-state index contributed by atoms with van der Waals surface area (Å²) < 4.78 is 11.5. The standard InChI is InChI=1S/C16H26N2O2/c1-12(2)9-17-10-15-16(7-6-13(3)18-15)20-14-5-4-8-19-11-14/h6-7,12,14,17H,4-5,8-11H2,1-3H3. The lowest BCUT2D eigenvalue weighted by atomic mass is 10.1. The molecule has 4 heteroatoms. The van der Waals surface area contributed by atoms with Crippen LogP contribution in [0, 0.1) is 12.8 Å². The monoisotopic (exact) mass is 278 g/mol. The highest BCUT2D eigenvalue weighted by atomic mass is 16.5. The average molecular weight is 278 g/mol. The highest BCUT2D eigenvalue weighted by Gasteiger charge is 2.17. The Labute approximate surface area is 121 Å². The first-order valence-electron chi connectivity index (χ1n) is 7.57. The van der Waals surface area contributed by atoms with Crippen molar-refractivity contribution in [1.29, 1.82) is 0 Å². The first kappa shape index (κ1) is 15.3. The third-order valence-corrected chi connectivity index (χ3v) is 3.33. The van der Waals surface area contributed by atoms with Crippen LogP contribution in [-0.4, -0.2) is 30.8 Å². The topological polar surface area (TPSA) is 43.4 Å². The molecule has 0 aliphatic carbocycles. The van der Waals surface area contributed by atoms with Crippen LogP contribution < -0.4 is 10.1 Å². The molecule has 4 nitrogen and oxygen atoms in total. The van der Waals surface area contributed by atoms with E-state index in [2.05, 4.69) is 24.1 Å². The molecule has 1 unspecified atom stereocenters. The van der Waals surface area contributed by atoms with Crippen LogP contribution in [-0.2, 0) is 11.3 Å². The molecule has 20 heavy (non-hydrogen) atoms. The number of hydrogen-bond acceptors (Lipinski definition) is 4. The van der Waals surface area contributed by atoms with Gasteiger partial charge in [-0.05, 0) is 44.4 Å². The second-order valence-electron chi connectivity index (χ2n) is 5.88. The Hall–Kier alpha value is -1.13. The Morgan fingerprint density at radius 1 is 1.45 bits per heavy atom. The minimum absolute atomic E-state index is 0.164. The van der Waals surface area contributed by atoms with Crippen molar-refractivity contribution < 1.29 is 9.47 Å². The molecular formula is C16H26N2O2. The van der Waals surface area contributed by atoms with Gasteiger partial charge >= 0.3 is 0 Å². The Kier molecular flexibility index (Phi) is 5.80. The fourth-order valence-electron chi connectivity index (χ4n) is 2.29. The van der Waals surface area contributed by atoms with Gasteiger partial charge in [0.05, 0.1) is 12.3 Å². The fourth-order valence-corrected chi connectivity index (χ4v) is 2.29.